The van der Waals surface area contributed by atoms with E-state index in [1.54, 1.807) is 0 Å². The third kappa shape index (κ3) is 3.82. The van der Waals surface area contributed by atoms with Crippen LogP contribution in [0.2, 0.25) is 0 Å². The molecule has 0 amide bonds. The first-order valence-corrected chi connectivity index (χ1v) is 7.09. The Morgan fingerprint density at radius 2 is 1.78 bits per heavy atom. The fraction of sp³-hybridized carbons (Fsp3) is 0.625. The molecule has 2 rings (SSSR count). The van der Waals surface area contributed by atoms with Crippen LogP contribution in [0.15, 0.2) is 24.3 Å². The number of aliphatic hydroxyl groups excluding tert-OH is 1. The van der Waals surface area contributed by atoms with Crippen LogP contribution >= 0.6 is 0 Å². The van der Waals surface area contributed by atoms with E-state index in [1.165, 1.54) is 24.8 Å². The Kier molecular flexibility index (Phi) is 4.79. The standard InChI is InChI=1S/C16H25NO/c1-12-6-13(2)8-16(7-12)17-10-14-4-3-5-15(9-14)11-18/h3-5,9,12-13,16-18H,6-8,10-11H2,1-2H3. The Morgan fingerprint density at radius 1 is 1.11 bits per heavy atom. The zero-order valence-corrected chi connectivity index (χ0v) is 11.5. The third-order valence-electron chi connectivity index (χ3n) is 3.95. The van der Waals surface area contributed by atoms with Crippen LogP contribution in [0.25, 0.3) is 0 Å². The second kappa shape index (κ2) is 6.35. The van der Waals surface area contributed by atoms with Gasteiger partial charge in [-0.15, -0.1) is 0 Å². The van der Waals surface area contributed by atoms with Crippen molar-refractivity contribution in [2.45, 2.75) is 52.3 Å². The molecule has 100 valence electrons. The summed E-state index contributed by atoms with van der Waals surface area (Å²) in [5.74, 6) is 1.69. The molecule has 1 saturated carbocycles. The molecule has 2 heteroatoms. The third-order valence-corrected chi connectivity index (χ3v) is 3.95. The highest BCUT2D eigenvalue weighted by molar-refractivity contribution is 5.22. The first-order valence-electron chi connectivity index (χ1n) is 7.09. The minimum atomic E-state index is 0.130. The summed E-state index contributed by atoms with van der Waals surface area (Å²) in [6.07, 6.45) is 3.96. The van der Waals surface area contributed by atoms with Crippen LogP contribution < -0.4 is 5.32 Å². The van der Waals surface area contributed by atoms with E-state index in [1.807, 2.05) is 12.1 Å². The zero-order chi connectivity index (χ0) is 13.0. The highest BCUT2D eigenvalue weighted by Gasteiger charge is 2.23. The van der Waals surface area contributed by atoms with Gasteiger partial charge in [0.15, 0.2) is 0 Å². The molecule has 0 spiro atoms. The van der Waals surface area contributed by atoms with Crippen LogP contribution in [0.4, 0.5) is 0 Å². The molecule has 0 heterocycles. The van der Waals surface area contributed by atoms with Crippen LogP contribution in [-0.4, -0.2) is 11.1 Å². The molecule has 0 saturated heterocycles. The maximum absolute atomic E-state index is 9.13. The predicted molar refractivity (Wildman–Crippen MR) is 75.2 cm³/mol. The molecule has 2 unspecified atom stereocenters. The van der Waals surface area contributed by atoms with Crippen molar-refractivity contribution in [3.8, 4) is 0 Å². The van der Waals surface area contributed by atoms with Gasteiger partial charge in [0.25, 0.3) is 0 Å². The molecule has 1 aliphatic rings. The molecule has 1 aromatic carbocycles. The van der Waals surface area contributed by atoms with Gasteiger partial charge < -0.3 is 10.4 Å². The summed E-state index contributed by atoms with van der Waals surface area (Å²) in [5.41, 5.74) is 2.27. The van der Waals surface area contributed by atoms with Crippen molar-refractivity contribution in [2.75, 3.05) is 0 Å². The molecular weight excluding hydrogens is 222 g/mol. The minimum Gasteiger partial charge on any atom is -0.392 e. The van der Waals surface area contributed by atoms with Gasteiger partial charge in [-0.2, -0.15) is 0 Å². The lowest BCUT2D eigenvalue weighted by atomic mass is 9.80. The lowest BCUT2D eigenvalue weighted by Gasteiger charge is -2.32. The second-order valence-corrected chi connectivity index (χ2v) is 5.97. The number of hydrogen-bond donors (Lipinski definition) is 2. The number of hydrogen-bond acceptors (Lipinski definition) is 2. The maximum atomic E-state index is 9.13. The SMILES string of the molecule is CC1CC(C)CC(NCc2cccc(CO)c2)C1. The van der Waals surface area contributed by atoms with Crippen LogP contribution in [0.1, 0.15) is 44.2 Å². The average molecular weight is 247 g/mol. The van der Waals surface area contributed by atoms with Gasteiger partial charge >= 0.3 is 0 Å². The van der Waals surface area contributed by atoms with Crippen molar-refractivity contribution in [1.29, 1.82) is 0 Å². The van der Waals surface area contributed by atoms with Gasteiger partial charge in [0.1, 0.15) is 0 Å². The van der Waals surface area contributed by atoms with E-state index in [4.69, 9.17) is 5.11 Å². The monoisotopic (exact) mass is 247 g/mol. The van der Waals surface area contributed by atoms with E-state index in [0.29, 0.717) is 6.04 Å². The summed E-state index contributed by atoms with van der Waals surface area (Å²) in [6.45, 7) is 5.76. The Hall–Kier alpha value is -0.860. The van der Waals surface area contributed by atoms with Gasteiger partial charge in [0, 0.05) is 12.6 Å². The second-order valence-electron chi connectivity index (χ2n) is 5.97. The van der Waals surface area contributed by atoms with Crippen molar-refractivity contribution in [3.05, 3.63) is 35.4 Å². The number of benzene rings is 1. The zero-order valence-electron chi connectivity index (χ0n) is 11.5. The number of nitrogens with one attached hydrogen (secondary N) is 1. The molecule has 0 aliphatic heterocycles. The van der Waals surface area contributed by atoms with Crippen LogP contribution in [0.5, 0.6) is 0 Å². The lowest BCUT2D eigenvalue weighted by molar-refractivity contribution is 0.238. The Labute approximate surface area is 110 Å². The van der Waals surface area contributed by atoms with Gasteiger partial charge in [0.05, 0.1) is 6.61 Å². The largest absolute Gasteiger partial charge is 0.392 e. The molecule has 1 fully saturated rings. The average Bonchev–Trinajstić information content (AvgIpc) is 2.35. The van der Waals surface area contributed by atoms with E-state index < -0.39 is 0 Å². The molecule has 18 heavy (non-hydrogen) atoms. The smallest absolute Gasteiger partial charge is 0.0681 e. The summed E-state index contributed by atoms with van der Waals surface area (Å²) < 4.78 is 0. The van der Waals surface area contributed by atoms with Gasteiger partial charge in [-0.05, 0) is 42.2 Å². The van der Waals surface area contributed by atoms with Crippen molar-refractivity contribution in [1.82, 2.24) is 5.32 Å². The molecular formula is C16H25NO. The summed E-state index contributed by atoms with van der Waals surface area (Å²) >= 11 is 0. The highest BCUT2D eigenvalue weighted by Crippen LogP contribution is 2.28. The van der Waals surface area contributed by atoms with E-state index in [0.717, 1.165) is 23.9 Å². The normalized spacial score (nSPS) is 28.3. The fourth-order valence-corrected chi connectivity index (χ4v) is 3.21. The van der Waals surface area contributed by atoms with Crippen molar-refractivity contribution < 1.29 is 5.11 Å². The maximum Gasteiger partial charge on any atom is 0.0681 e. The lowest BCUT2D eigenvalue weighted by Crippen LogP contribution is -2.35. The molecule has 0 aromatic heterocycles. The fourth-order valence-electron chi connectivity index (χ4n) is 3.21. The van der Waals surface area contributed by atoms with E-state index in [9.17, 15) is 0 Å². The van der Waals surface area contributed by atoms with Crippen molar-refractivity contribution >= 4 is 0 Å². The van der Waals surface area contributed by atoms with E-state index in [2.05, 4.69) is 31.3 Å². The van der Waals surface area contributed by atoms with Crippen LogP contribution in [-0.2, 0) is 13.2 Å². The summed E-state index contributed by atoms with van der Waals surface area (Å²) in [7, 11) is 0. The Morgan fingerprint density at radius 3 is 2.44 bits per heavy atom. The van der Waals surface area contributed by atoms with Crippen LogP contribution in [0.3, 0.4) is 0 Å². The van der Waals surface area contributed by atoms with Gasteiger partial charge in [-0.1, -0.05) is 38.1 Å². The summed E-state index contributed by atoms with van der Waals surface area (Å²) in [4.78, 5) is 0. The highest BCUT2D eigenvalue weighted by atomic mass is 16.3. The molecule has 2 nitrogen and oxygen atoms in total. The molecule has 0 bridgehead atoms. The predicted octanol–water partition coefficient (Wildman–Crippen LogP) is 3.09. The van der Waals surface area contributed by atoms with Crippen molar-refractivity contribution in [3.63, 3.8) is 0 Å². The number of rotatable bonds is 4. The molecule has 0 radical (unpaired) electrons. The summed E-state index contributed by atoms with van der Waals surface area (Å²) in [5, 5.41) is 12.8. The quantitative estimate of drug-likeness (QED) is 0.857. The van der Waals surface area contributed by atoms with Crippen molar-refractivity contribution in [2.24, 2.45) is 11.8 Å². The van der Waals surface area contributed by atoms with Gasteiger partial charge in [-0.3, -0.25) is 0 Å². The molecule has 2 N–H and O–H groups in total. The van der Waals surface area contributed by atoms with E-state index in [-0.39, 0.29) is 6.61 Å². The van der Waals surface area contributed by atoms with Gasteiger partial charge in [0.2, 0.25) is 0 Å². The van der Waals surface area contributed by atoms with Gasteiger partial charge in [-0.25, -0.2) is 0 Å². The Balaban J connectivity index is 1.86. The Bertz CT molecular complexity index is 367. The molecule has 1 aromatic rings. The minimum absolute atomic E-state index is 0.130. The van der Waals surface area contributed by atoms with Crippen LogP contribution in [0, 0.1) is 11.8 Å². The van der Waals surface area contributed by atoms with E-state index >= 15 is 0 Å². The topological polar surface area (TPSA) is 32.3 Å². The first-order chi connectivity index (χ1) is 8.67. The molecule has 1 aliphatic carbocycles. The first kappa shape index (κ1) is 13.6. The number of aliphatic hydroxyl groups is 1. The summed E-state index contributed by atoms with van der Waals surface area (Å²) in [6, 6.07) is 8.86. The molecule has 2 atom stereocenters.